The molecule has 0 atom stereocenters. The molecule has 0 aliphatic carbocycles. The van der Waals surface area contributed by atoms with Gasteiger partial charge in [-0.05, 0) is 22.0 Å². The molecule has 0 fully saturated rings. The number of phenols is 1. The highest BCUT2D eigenvalue weighted by Crippen LogP contribution is 2.27. The first kappa shape index (κ1) is 8.81. The number of hydrogen-bond donors (Lipinski definition) is 1. The van der Waals surface area contributed by atoms with Crippen LogP contribution >= 0.6 is 27.5 Å². The maximum absolute atomic E-state index is 12.8. The van der Waals surface area contributed by atoms with Gasteiger partial charge in [0.1, 0.15) is 11.6 Å². The minimum atomic E-state index is -0.485. The lowest BCUT2D eigenvalue weighted by atomic mass is 10.2. The zero-order valence-corrected chi connectivity index (χ0v) is 7.78. The van der Waals surface area contributed by atoms with Gasteiger partial charge < -0.3 is 5.11 Å². The first-order valence-electron chi connectivity index (χ1n) is 2.88. The standard InChI is InChI=1S/C7H5BrClFO/c8-5-1-4(3-9)6(10)2-7(5)11/h1-2,11H,3H2. The van der Waals surface area contributed by atoms with Crippen LogP contribution in [0.4, 0.5) is 4.39 Å². The van der Waals surface area contributed by atoms with Gasteiger partial charge in [-0.25, -0.2) is 4.39 Å². The third kappa shape index (κ3) is 1.84. The summed E-state index contributed by atoms with van der Waals surface area (Å²) < 4.78 is 13.2. The SMILES string of the molecule is Oc1cc(F)c(CCl)cc1Br. The van der Waals surface area contributed by atoms with E-state index in [-0.39, 0.29) is 11.6 Å². The maximum Gasteiger partial charge on any atom is 0.132 e. The Hall–Kier alpha value is -0.280. The van der Waals surface area contributed by atoms with E-state index in [1.807, 2.05) is 0 Å². The number of rotatable bonds is 1. The fraction of sp³-hybridized carbons (Fsp3) is 0.143. The van der Waals surface area contributed by atoms with Crippen molar-refractivity contribution in [2.45, 2.75) is 5.88 Å². The van der Waals surface area contributed by atoms with Gasteiger partial charge in [0.05, 0.1) is 10.4 Å². The highest BCUT2D eigenvalue weighted by Gasteiger charge is 2.05. The summed E-state index contributed by atoms with van der Waals surface area (Å²) in [6.07, 6.45) is 0. The Balaban J connectivity index is 3.21. The Labute approximate surface area is 76.9 Å². The molecule has 1 aromatic rings. The summed E-state index contributed by atoms with van der Waals surface area (Å²) in [4.78, 5) is 0. The lowest BCUT2D eigenvalue weighted by Crippen LogP contribution is -1.85. The van der Waals surface area contributed by atoms with E-state index in [1.165, 1.54) is 6.07 Å². The summed E-state index contributed by atoms with van der Waals surface area (Å²) >= 11 is 8.46. The van der Waals surface area contributed by atoms with Gasteiger partial charge in [-0.15, -0.1) is 11.6 Å². The molecule has 0 saturated heterocycles. The topological polar surface area (TPSA) is 20.2 Å². The number of halogens is 3. The average Bonchev–Trinajstić information content (AvgIpc) is 1.97. The normalized spacial score (nSPS) is 10.1. The van der Waals surface area contributed by atoms with Gasteiger partial charge in [0, 0.05) is 11.6 Å². The highest BCUT2D eigenvalue weighted by molar-refractivity contribution is 9.10. The van der Waals surface area contributed by atoms with Crippen LogP contribution in [0.15, 0.2) is 16.6 Å². The van der Waals surface area contributed by atoms with Crippen molar-refractivity contribution < 1.29 is 9.50 Å². The van der Waals surface area contributed by atoms with Crippen LogP contribution < -0.4 is 0 Å². The van der Waals surface area contributed by atoms with E-state index in [9.17, 15) is 4.39 Å². The second-order valence-corrected chi connectivity index (χ2v) is 3.15. The fourth-order valence-electron chi connectivity index (χ4n) is 0.680. The zero-order valence-electron chi connectivity index (χ0n) is 5.44. The number of alkyl halides is 1. The molecule has 1 rings (SSSR count). The van der Waals surface area contributed by atoms with E-state index >= 15 is 0 Å². The summed E-state index contributed by atoms with van der Waals surface area (Å²) in [5.41, 5.74) is 0.372. The molecule has 0 amide bonds. The monoisotopic (exact) mass is 238 g/mol. The molecule has 1 N–H and O–H groups in total. The molecular formula is C7H5BrClFO. The first-order valence-corrected chi connectivity index (χ1v) is 4.20. The molecule has 0 spiro atoms. The van der Waals surface area contributed by atoms with Crippen LogP contribution in [0.1, 0.15) is 5.56 Å². The van der Waals surface area contributed by atoms with Crippen LogP contribution in [-0.4, -0.2) is 5.11 Å². The molecule has 4 heteroatoms. The van der Waals surface area contributed by atoms with Crippen molar-refractivity contribution in [3.05, 3.63) is 28.0 Å². The molecular weight excluding hydrogens is 234 g/mol. The maximum atomic E-state index is 12.8. The third-order valence-corrected chi connectivity index (χ3v) is 2.18. The van der Waals surface area contributed by atoms with Gasteiger partial charge in [0.15, 0.2) is 0 Å². The van der Waals surface area contributed by atoms with Crippen molar-refractivity contribution in [3.8, 4) is 5.75 Å². The van der Waals surface area contributed by atoms with E-state index in [0.29, 0.717) is 10.0 Å². The Morgan fingerprint density at radius 1 is 1.55 bits per heavy atom. The minimum Gasteiger partial charge on any atom is -0.507 e. The number of benzene rings is 1. The highest BCUT2D eigenvalue weighted by atomic mass is 79.9. The van der Waals surface area contributed by atoms with Crippen molar-refractivity contribution in [1.82, 2.24) is 0 Å². The molecule has 0 aliphatic heterocycles. The zero-order chi connectivity index (χ0) is 8.43. The second-order valence-electron chi connectivity index (χ2n) is 2.03. The molecule has 0 saturated carbocycles. The molecule has 0 unspecified atom stereocenters. The summed E-state index contributed by atoms with van der Waals surface area (Å²) in [7, 11) is 0. The van der Waals surface area contributed by atoms with Gasteiger partial charge >= 0.3 is 0 Å². The van der Waals surface area contributed by atoms with E-state index < -0.39 is 5.82 Å². The van der Waals surface area contributed by atoms with Crippen molar-refractivity contribution >= 4 is 27.5 Å². The fourth-order valence-corrected chi connectivity index (χ4v) is 1.28. The number of aromatic hydroxyl groups is 1. The predicted octanol–water partition coefficient (Wildman–Crippen LogP) is 3.03. The Bertz CT molecular complexity index is 277. The van der Waals surface area contributed by atoms with E-state index in [0.717, 1.165) is 6.07 Å². The first-order chi connectivity index (χ1) is 5.15. The van der Waals surface area contributed by atoms with Gasteiger partial charge in [0.2, 0.25) is 0 Å². The van der Waals surface area contributed by atoms with E-state index in [4.69, 9.17) is 16.7 Å². The van der Waals surface area contributed by atoms with E-state index in [2.05, 4.69) is 15.9 Å². The van der Waals surface area contributed by atoms with Gasteiger partial charge in [0.25, 0.3) is 0 Å². The summed E-state index contributed by atoms with van der Waals surface area (Å²) in [5, 5.41) is 8.99. The molecule has 0 radical (unpaired) electrons. The Kier molecular flexibility index (Phi) is 2.73. The van der Waals surface area contributed by atoms with E-state index in [1.54, 1.807) is 0 Å². The smallest absolute Gasteiger partial charge is 0.132 e. The summed E-state index contributed by atoms with van der Waals surface area (Å²) in [5.74, 6) is -0.498. The van der Waals surface area contributed by atoms with Gasteiger partial charge in [-0.2, -0.15) is 0 Å². The molecule has 1 nitrogen and oxygen atoms in total. The second kappa shape index (κ2) is 3.41. The van der Waals surface area contributed by atoms with Crippen LogP contribution in [0.25, 0.3) is 0 Å². The lowest BCUT2D eigenvalue weighted by Gasteiger charge is -2.00. The lowest BCUT2D eigenvalue weighted by molar-refractivity contribution is 0.465. The molecule has 1 aromatic carbocycles. The molecule has 0 aromatic heterocycles. The predicted molar refractivity (Wildman–Crippen MR) is 45.3 cm³/mol. The van der Waals surface area contributed by atoms with Crippen LogP contribution in [-0.2, 0) is 5.88 Å². The van der Waals surface area contributed by atoms with Crippen LogP contribution in [0, 0.1) is 5.82 Å². The van der Waals surface area contributed by atoms with Crippen molar-refractivity contribution in [1.29, 1.82) is 0 Å². The molecule has 11 heavy (non-hydrogen) atoms. The quantitative estimate of drug-likeness (QED) is 0.747. The van der Waals surface area contributed by atoms with Crippen molar-refractivity contribution in [3.63, 3.8) is 0 Å². The van der Waals surface area contributed by atoms with Gasteiger partial charge in [-0.3, -0.25) is 0 Å². The molecule has 60 valence electrons. The van der Waals surface area contributed by atoms with Crippen molar-refractivity contribution in [2.24, 2.45) is 0 Å². The molecule has 0 heterocycles. The van der Waals surface area contributed by atoms with Crippen LogP contribution in [0.3, 0.4) is 0 Å². The number of phenolic OH excluding ortho intramolecular Hbond substituents is 1. The number of hydrogen-bond acceptors (Lipinski definition) is 1. The Morgan fingerprint density at radius 2 is 2.18 bits per heavy atom. The molecule has 0 bridgehead atoms. The van der Waals surface area contributed by atoms with Crippen LogP contribution in [0.5, 0.6) is 5.75 Å². The Morgan fingerprint density at radius 3 is 2.73 bits per heavy atom. The average molecular weight is 239 g/mol. The third-order valence-electron chi connectivity index (χ3n) is 1.26. The minimum absolute atomic E-state index is 0.102. The largest absolute Gasteiger partial charge is 0.507 e. The van der Waals surface area contributed by atoms with Gasteiger partial charge in [-0.1, -0.05) is 0 Å². The summed E-state index contributed by atoms with van der Waals surface area (Å²) in [6.45, 7) is 0. The molecule has 0 aliphatic rings. The summed E-state index contributed by atoms with van der Waals surface area (Å²) in [6, 6.07) is 2.49. The van der Waals surface area contributed by atoms with Crippen molar-refractivity contribution in [2.75, 3.05) is 0 Å². The van der Waals surface area contributed by atoms with Crippen LogP contribution in [0.2, 0.25) is 0 Å².